The molecule has 0 unspecified atom stereocenters. The fraction of sp³-hybridized carbons (Fsp3) is 0.286. The molecule has 3 rings (SSSR count). The van der Waals surface area contributed by atoms with Crippen molar-refractivity contribution in [3.8, 4) is 11.4 Å². The van der Waals surface area contributed by atoms with E-state index >= 15 is 0 Å². The molecular formula is C21H23ClN4O5S. The van der Waals surface area contributed by atoms with Crippen molar-refractivity contribution in [2.75, 3.05) is 19.5 Å². The molecule has 1 N–H and O–H groups in total. The molecule has 32 heavy (non-hydrogen) atoms. The molecule has 11 heteroatoms. The topological polar surface area (TPSA) is 115 Å². The van der Waals surface area contributed by atoms with Gasteiger partial charge in [0.15, 0.2) is 0 Å². The maximum Gasteiger partial charge on any atom is 0.266 e. The summed E-state index contributed by atoms with van der Waals surface area (Å²) in [6.45, 7) is 5.93. The second kappa shape index (κ2) is 8.99. The van der Waals surface area contributed by atoms with E-state index in [4.69, 9.17) is 21.0 Å². The second-order valence-corrected chi connectivity index (χ2v) is 10.3. The summed E-state index contributed by atoms with van der Waals surface area (Å²) in [5, 5.41) is 6.69. The number of carbonyl (C=O) groups excluding carboxylic acids is 1. The molecule has 2 aromatic carbocycles. The van der Waals surface area contributed by atoms with Crippen LogP contribution in [0.5, 0.6) is 0 Å². The van der Waals surface area contributed by atoms with E-state index in [1.807, 2.05) is 20.8 Å². The van der Waals surface area contributed by atoms with Crippen LogP contribution in [0.1, 0.15) is 37.0 Å². The van der Waals surface area contributed by atoms with Crippen LogP contribution >= 0.6 is 11.6 Å². The number of hydrogen-bond donors (Lipinski definition) is 1. The normalized spacial score (nSPS) is 12.2. The summed E-state index contributed by atoms with van der Waals surface area (Å²) >= 11 is 6.04. The fourth-order valence-electron chi connectivity index (χ4n) is 2.63. The number of anilines is 1. The molecule has 1 heterocycles. The van der Waals surface area contributed by atoms with Gasteiger partial charge < -0.3 is 9.84 Å². The summed E-state index contributed by atoms with van der Waals surface area (Å²) in [4.78, 5) is 21.6. The SMILES string of the molecule is CON(C)S(=O)(=O)c1cc(C(=O)Nc2ccc(-c3noc(C(C)(C)C)n3)cc2)ccc1Cl. The molecule has 1 amide bonds. The van der Waals surface area contributed by atoms with E-state index in [0.29, 0.717) is 21.9 Å². The number of nitrogens with zero attached hydrogens (tertiary/aromatic N) is 3. The Hall–Kier alpha value is -2.79. The van der Waals surface area contributed by atoms with E-state index in [1.165, 1.54) is 32.4 Å². The van der Waals surface area contributed by atoms with Gasteiger partial charge in [0.2, 0.25) is 11.7 Å². The number of hydrogen-bond acceptors (Lipinski definition) is 7. The summed E-state index contributed by atoms with van der Waals surface area (Å²) in [7, 11) is -1.57. The highest BCUT2D eigenvalue weighted by molar-refractivity contribution is 7.89. The highest BCUT2D eigenvalue weighted by atomic mass is 35.5. The van der Waals surface area contributed by atoms with Crippen molar-refractivity contribution in [3.63, 3.8) is 0 Å². The van der Waals surface area contributed by atoms with Crippen molar-refractivity contribution in [2.24, 2.45) is 0 Å². The molecule has 0 saturated carbocycles. The maximum atomic E-state index is 12.7. The lowest BCUT2D eigenvalue weighted by Crippen LogP contribution is -2.26. The van der Waals surface area contributed by atoms with Crippen LogP contribution in [0.2, 0.25) is 5.02 Å². The minimum atomic E-state index is -4.02. The van der Waals surface area contributed by atoms with Crippen LogP contribution in [-0.2, 0) is 20.3 Å². The first-order valence-electron chi connectivity index (χ1n) is 9.52. The molecule has 0 aliphatic rings. The van der Waals surface area contributed by atoms with Gasteiger partial charge in [0.1, 0.15) is 4.90 Å². The lowest BCUT2D eigenvalue weighted by molar-refractivity contribution is -0.0258. The molecule has 3 aromatic rings. The van der Waals surface area contributed by atoms with Crippen molar-refractivity contribution in [3.05, 3.63) is 58.9 Å². The number of sulfonamides is 1. The molecule has 0 fully saturated rings. The molecular weight excluding hydrogens is 456 g/mol. The Morgan fingerprint density at radius 3 is 2.38 bits per heavy atom. The first-order chi connectivity index (χ1) is 14.9. The highest BCUT2D eigenvalue weighted by Crippen LogP contribution is 2.27. The standard InChI is InChI=1S/C21H23ClN4O5S/c1-21(2,3)20-24-18(25-31-20)13-6-9-15(10-7-13)23-19(27)14-8-11-16(22)17(12-14)32(28,29)26(4)30-5/h6-12H,1-5H3,(H,23,27). The van der Waals surface area contributed by atoms with E-state index < -0.39 is 15.9 Å². The molecule has 9 nitrogen and oxygen atoms in total. The minimum absolute atomic E-state index is 0.0236. The monoisotopic (exact) mass is 478 g/mol. The number of benzene rings is 2. The van der Waals surface area contributed by atoms with Gasteiger partial charge in [-0.05, 0) is 42.5 Å². The zero-order valence-electron chi connectivity index (χ0n) is 18.2. The molecule has 0 saturated heterocycles. The summed E-state index contributed by atoms with van der Waals surface area (Å²) in [6, 6.07) is 10.9. The Morgan fingerprint density at radius 1 is 1.16 bits per heavy atom. The van der Waals surface area contributed by atoms with Crippen LogP contribution in [0.3, 0.4) is 0 Å². The van der Waals surface area contributed by atoms with E-state index in [9.17, 15) is 13.2 Å². The van der Waals surface area contributed by atoms with Gasteiger partial charge in [0.25, 0.3) is 15.9 Å². The first-order valence-corrected chi connectivity index (χ1v) is 11.3. The third-order valence-corrected chi connectivity index (χ3v) is 6.70. The number of carbonyl (C=O) groups is 1. The quantitative estimate of drug-likeness (QED) is 0.530. The van der Waals surface area contributed by atoms with Crippen molar-refractivity contribution in [2.45, 2.75) is 31.1 Å². The van der Waals surface area contributed by atoms with Crippen LogP contribution in [0.15, 0.2) is 51.9 Å². The second-order valence-electron chi connectivity index (χ2n) is 7.95. The average molecular weight is 479 g/mol. The number of nitrogens with one attached hydrogen (secondary N) is 1. The molecule has 170 valence electrons. The van der Waals surface area contributed by atoms with E-state index in [1.54, 1.807) is 24.3 Å². The fourth-order valence-corrected chi connectivity index (χ4v) is 4.10. The number of aromatic nitrogens is 2. The molecule has 0 bridgehead atoms. The van der Waals surface area contributed by atoms with Crippen molar-refractivity contribution in [1.82, 2.24) is 14.6 Å². The Bertz CT molecular complexity index is 1230. The summed E-state index contributed by atoms with van der Waals surface area (Å²) in [6.07, 6.45) is 0. The van der Waals surface area contributed by atoms with Gasteiger partial charge in [-0.15, -0.1) is 0 Å². The number of hydroxylamine groups is 1. The van der Waals surface area contributed by atoms with E-state index in [-0.39, 0.29) is 20.9 Å². The maximum absolute atomic E-state index is 12.7. The van der Waals surface area contributed by atoms with E-state index in [0.717, 1.165) is 5.56 Å². The smallest absolute Gasteiger partial charge is 0.266 e. The van der Waals surface area contributed by atoms with Crippen molar-refractivity contribution in [1.29, 1.82) is 0 Å². The average Bonchev–Trinajstić information content (AvgIpc) is 3.24. The summed E-state index contributed by atoms with van der Waals surface area (Å²) < 4.78 is 31.0. The van der Waals surface area contributed by atoms with Crippen LogP contribution in [-0.4, -0.2) is 43.1 Å². The zero-order chi connectivity index (χ0) is 23.7. The van der Waals surface area contributed by atoms with Crippen LogP contribution in [0.4, 0.5) is 5.69 Å². The lowest BCUT2D eigenvalue weighted by Gasteiger charge is -2.16. The van der Waals surface area contributed by atoms with Gasteiger partial charge in [0.05, 0.1) is 12.1 Å². The zero-order valence-corrected chi connectivity index (χ0v) is 19.8. The van der Waals surface area contributed by atoms with Gasteiger partial charge >= 0.3 is 0 Å². The largest absolute Gasteiger partial charge is 0.338 e. The van der Waals surface area contributed by atoms with Gasteiger partial charge in [-0.3, -0.25) is 9.63 Å². The lowest BCUT2D eigenvalue weighted by atomic mass is 9.97. The Labute approximate surface area is 191 Å². The highest BCUT2D eigenvalue weighted by Gasteiger charge is 2.25. The Kier molecular flexibility index (Phi) is 6.70. The number of rotatable bonds is 6. The van der Waals surface area contributed by atoms with Crippen molar-refractivity contribution < 1.29 is 22.6 Å². The van der Waals surface area contributed by atoms with Gasteiger partial charge in [0, 0.05) is 29.3 Å². The first kappa shape index (κ1) is 23.9. The van der Waals surface area contributed by atoms with Gasteiger partial charge in [-0.1, -0.05) is 42.0 Å². The third-order valence-electron chi connectivity index (χ3n) is 4.54. The summed E-state index contributed by atoms with van der Waals surface area (Å²) in [5.74, 6) is 0.473. The molecule has 0 radical (unpaired) electrons. The predicted molar refractivity (Wildman–Crippen MR) is 120 cm³/mol. The number of amides is 1. The molecule has 0 spiro atoms. The molecule has 0 atom stereocenters. The molecule has 0 aliphatic heterocycles. The van der Waals surface area contributed by atoms with Crippen LogP contribution in [0.25, 0.3) is 11.4 Å². The Balaban J connectivity index is 1.79. The predicted octanol–water partition coefficient (Wildman–Crippen LogP) is 4.12. The van der Waals surface area contributed by atoms with Crippen LogP contribution < -0.4 is 5.32 Å². The minimum Gasteiger partial charge on any atom is -0.338 e. The van der Waals surface area contributed by atoms with Gasteiger partial charge in [-0.25, -0.2) is 8.42 Å². The third kappa shape index (κ3) is 4.99. The Morgan fingerprint density at radius 2 is 1.81 bits per heavy atom. The molecule has 1 aromatic heterocycles. The van der Waals surface area contributed by atoms with Crippen LogP contribution in [0, 0.1) is 0 Å². The molecule has 0 aliphatic carbocycles. The summed E-state index contributed by atoms with van der Waals surface area (Å²) in [5.41, 5.74) is 1.09. The number of halogens is 1. The van der Waals surface area contributed by atoms with E-state index in [2.05, 4.69) is 15.5 Å². The van der Waals surface area contributed by atoms with Gasteiger partial charge in [-0.2, -0.15) is 4.98 Å². The van der Waals surface area contributed by atoms with Crippen molar-refractivity contribution >= 4 is 33.2 Å².